The number of anilines is 1. The highest BCUT2D eigenvalue weighted by Gasteiger charge is 2.37. The van der Waals surface area contributed by atoms with E-state index < -0.39 is 17.8 Å². The van der Waals surface area contributed by atoms with Crippen LogP contribution >= 0.6 is 34.8 Å². The van der Waals surface area contributed by atoms with Crippen molar-refractivity contribution in [1.82, 2.24) is 5.32 Å². The van der Waals surface area contributed by atoms with Gasteiger partial charge >= 0.3 is 6.03 Å². The lowest BCUT2D eigenvalue weighted by atomic mass is 10.1. The van der Waals surface area contributed by atoms with E-state index in [-0.39, 0.29) is 22.9 Å². The number of halogens is 3. The van der Waals surface area contributed by atoms with Crippen LogP contribution in [0.4, 0.5) is 10.5 Å². The van der Waals surface area contributed by atoms with Gasteiger partial charge < -0.3 is 9.47 Å². The van der Waals surface area contributed by atoms with E-state index in [4.69, 9.17) is 44.3 Å². The zero-order chi connectivity index (χ0) is 26.0. The summed E-state index contributed by atoms with van der Waals surface area (Å²) in [6.45, 7) is 1.88. The molecule has 1 aliphatic rings. The van der Waals surface area contributed by atoms with Gasteiger partial charge in [0.2, 0.25) is 0 Å². The Balaban J connectivity index is 1.66. The van der Waals surface area contributed by atoms with Crippen molar-refractivity contribution in [1.29, 1.82) is 0 Å². The third-order valence-electron chi connectivity index (χ3n) is 5.44. The molecule has 3 aromatic rings. The Morgan fingerprint density at radius 2 is 1.69 bits per heavy atom. The quantitative estimate of drug-likeness (QED) is 0.294. The largest absolute Gasteiger partial charge is 0.493 e. The molecule has 7 nitrogen and oxygen atoms in total. The zero-order valence-electron chi connectivity index (χ0n) is 19.1. The minimum Gasteiger partial charge on any atom is -0.493 e. The fourth-order valence-electron chi connectivity index (χ4n) is 3.58. The molecule has 0 aromatic heterocycles. The fourth-order valence-corrected chi connectivity index (χ4v) is 4.15. The van der Waals surface area contributed by atoms with Gasteiger partial charge in [0.1, 0.15) is 12.2 Å². The monoisotopic (exact) mass is 544 g/mol. The number of nitrogens with zero attached hydrogens (tertiary/aromatic N) is 1. The average Bonchev–Trinajstić information content (AvgIpc) is 2.84. The number of ether oxygens (including phenoxy) is 2. The van der Waals surface area contributed by atoms with Crippen LogP contribution in [0.5, 0.6) is 11.5 Å². The number of methoxy groups -OCH3 is 1. The molecule has 184 valence electrons. The van der Waals surface area contributed by atoms with Gasteiger partial charge in [-0.2, -0.15) is 0 Å². The highest BCUT2D eigenvalue weighted by atomic mass is 35.5. The summed E-state index contributed by atoms with van der Waals surface area (Å²) in [4.78, 5) is 39.2. The Kier molecular flexibility index (Phi) is 7.54. The molecule has 0 saturated carbocycles. The van der Waals surface area contributed by atoms with Crippen molar-refractivity contribution in [3.63, 3.8) is 0 Å². The number of carbonyl (C=O) groups excluding carboxylic acids is 3. The van der Waals surface area contributed by atoms with Crippen LogP contribution in [-0.4, -0.2) is 25.0 Å². The molecule has 1 aliphatic heterocycles. The van der Waals surface area contributed by atoms with Crippen LogP contribution in [0, 0.1) is 6.92 Å². The topological polar surface area (TPSA) is 84.9 Å². The van der Waals surface area contributed by atoms with Crippen LogP contribution in [-0.2, 0) is 16.2 Å². The molecule has 0 radical (unpaired) electrons. The highest BCUT2D eigenvalue weighted by molar-refractivity contribution is 6.40. The number of nitrogens with one attached hydrogen (secondary N) is 1. The van der Waals surface area contributed by atoms with Crippen molar-refractivity contribution in [3.8, 4) is 11.5 Å². The SMILES string of the molecule is COc1cc(/C=C2\C(=O)NC(=O)N(c3cccc(Cl)c3C)C2=O)cc(Cl)c1OCc1ccc(Cl)cc1. The smallest absolute Gasteiger partial charge is 0.335 e. The van der Waals surface area contributed by atoms with E-state index in [1.165, 1.54) is 19.3 Å². The van der Waals surface area contributed by atoms with Crippen LogP contribution in [0.25, 0.3) is 6.08 Å². The van der Waals surface area contributed by atoms with Gasteiger partial charge in [0.05, 0.1) is 17.8 Å². The number of benzene rings is 3. The number of urea groups is 1. The van der Waals surface area contributed by atoms with Gasteiger partial charge in [-0.05, 0) is 66.1 Å². The molecule has 0 unspecified atom stereocenters. The molecule has 0 spiro atoms. The summed E-state index contributed by atoms with van der Waals surface area (Å²) in [6, 6.07) is 14.2. The molecule has 1 N–H and O–H groups in total. The summed E-state index contributed by atoms with van der Waals surface area (Å²) in [6.07, 6.45) is 1.33. The van der Waals surface area contributed by atoms with Gasteiger partial charge in [0.25, 0.3) is 11.8 Å². The minimum absolute atomic E-state index is 0.206. The van der Waals surface area contributed by atoms with Crippen molar-refractivity contribution < 1.29 is 23.9 Å². The van der Waals surface area contributed by atoms with Crippen LogP contribution in [0.1, 0.15) is 16.7 Å². The number of hydrogen-bond donors (Lipinski definition) is 1. The molecule has 3 aromatic carbocycles. The van der Waals surface area contributed by atoms with E-state index in [0.717, 1.165) is 10.5 Å². The Morgan fingerprint density at radius 3 is 2.39 bits per heavy atom. The van der Waals surface area contributed by atoms with E-state index in [1.807, 2.05) is 12.1 Å². The van der Waals surface area contributed by atoms with Gasteiger partial charge in [0, 0.05) is 10.0 Å². The van der Waals surface area contributed by atoms with Crippen LogP contribution in [0.3, 0.4) is 0 Å². The van der Waals surface area contributed by atoms with E-state index in [9.17, 15) is 14.4 Å². The summed E-state index contributed by atoms with van der Waals surface area (Å²) in [5.74, 6) is -1.04. The Bertz CT molecular complexity index is 1400. The van der Waals surface area contributed by atoms with Crippen LogP contribution < -0.4 is 19.7 Å². The first-order valence-electron chi connectivity index (χ1n) is 10.6. The number of amides is 4. The molecular weight excluding hydrogens is 527 g/mol. The van der Waals surface area contributed by atoms with Gasteiger partial charge in [-0.3, -0.25) is 14.9 Å². The van der Waals surface area contributed by atoms with Gasteiger partial charge in [-0.1, -0.05) is 53.0 Å². The summed E-state index contributed by atoms with van der Waals surface area (Å²) in [5, 5.41) is 3.38. The number of hydrogen-bond acceptors (Lipinski definition) is 5. The normalized spacial score (nSPS) is 14.8. The molecule has 0 bridgehead atoms. The summed E-state index contributed by atoms with van der Waals surface area (Å²) < 4.78 is 11.3. The summed E-state index contributed by atoms with van der Waals surface area (Å²) in [5.41, 5.74) is 1.79. The molecule has 1 heterocycles. The van der Waals surface area contributed by atoms with E-state index in [1.54, 1.807) is 43.3 Å². The van der Waals surface area contributed by atoms with Crippen LogP contribution in [0.15, 0.2) is 60.2 Å². The van der Waals surface area contributed by atoms with Gasteiger partial charge in [-0.15, -0.1) is 0 Å². The molecular formula is C26H19Cl3N2O5. The van der Waals surface area contributed by atoms with Crippen molar-refractivity contribution in [2.24, 2.45) is 0 Å². The Labute approximate surface area is 222 Å². The second-order valence-electron chi connectivity index (χ2n) is 7.79. The molecule has 4 amide bonds. The molecule has 4 rings (SSSR count). The standard InChI is InChI=1S/C26H19Cl3N2O5/c1-14-19(28)4-3-5-21(14)31-25(33)18(24(32)30-26(31)34)10-16-11-20(29)23(22(12-16)35-2)36-13-15-6-8-17(27)9-7-15/h3-12H,13H2,1-2H3,(H,30,32,34)/b18-10+. The lowest BCUT2D eigenvalue weighted by Gasteiger charge is -2.27. The molecule has 1 saturated heterocycles. The lowest BCUT2D eigenvalue weighted by Crippen LogP contribution is -2.54. The molecule has 36 heavy (non-hydrogen) atoms. The van der Waals surface area contributed by atoms with Crippen molar-refractivity contribution >= 4 is 64.4 Å². The van der Waals surface area contributed by atoms with E-state index in [0.29, 0.717) is 32.7 Å². The maximum Gasteiger partial charge on any atom is 0.335 e. The maximum atomic E-state index is 13.2. The first-order valence-corrected chi connectivity index (χ1v) is 11.7. The van der Waals surface area contributed by atoms with Crippen LogP contribution in [0.2, 0.25) is 15.1 Å². The third kappa shape index (κ3) is 5.18. The number of rotatable bonds is 6. The summed E-state index contributed by atoms with van der Waals surface area (Å²) in [7, 11) is 1.44. The lowest BCUT2D eigenvalue weighted by molar-refractivity contribution is -0.122. The van der Waals surface area contributed by atoms with Gasteiger partial charge in [0.15, 0.2) is 11.5 Å². The zero-order valence-corrected chi connectivity index (χ0v) is 21.4. The van der Waals surface area contributed by atoms with Crippen molar-refractivity contribution in [2.45, 2.75) is 13.5 Å². The van der Waals surface area contributed by atoms with Crippen molar-refractivity contribution in [3.05, 3.63) is 91.9 Å². The predicted octanol–water partition coefficient (Wildman–Crippen LogP) is 6.21. The van der Waals surface area contributed by atoms with Crippen molar-refractivity contribution in [2.75, 3.05) is 12.0 Å². The second kappa shape index (κ2) is 10.6. The fraction of sp³-hybridized carbons (Fsp3) is 0.115. The number of barbiturate groups is 1. The molecule has 0 atom stereocenters. The maximum absolute atomic E-state index is 13.2. The third-order valence-corrected chi connectivity index (χ3v) is 6.38. The van der Waals surface area contributed by atoms with Gasteiger partial charge in [-0.25, -0.2) is 9.69 Å². The minimum atomic E-state index is -0.867. The Morgan fingerprint density at radius 1 is 0.972 bits per heavy atom. The number of carbonyl (C=O) groups is 3. The molecule has 1 fully saturated rings. The number of imide groups is 2. The summed E-state index contributed by atoms with van der Waals surface area (Å²) >= 11 is 18.5. The molecule has 10 heteroatoms. The predicted molar refractivity (Wildman–Crippen MR) is 139 cm³/mol. The van der Waals surface area contributed by atoms with E-state index >= 15 is 0 Å². The average molecular weight is 546 g/mol. The second-order valence-corrected chi connectivity index (χ2v) is 9.04. The van der Waals surface area contributed by atoms with E-state index in [2.05, 4.69) is 5.32 Å². The molecule has 0 aliphatic carbocycles. The first-order chi connectivity index (χ1) is 17.2. The Hall–Kier alpha value is -3.52. The highest BCUT2D eigenvalue weighted by Crippen LogP contribution is 2.38. The first kappa shape index (κ1) is 25.6.